The van der Waals surface area contributed by atoms with Crippen LogP contribution in [0, 0.1) is 22.9 Å². The minimum atomic E-state index is -1.11. The molecule has 6 rings (SSSR count). The van der Waals surface area contributed by atoms with Crippen LogP contribution in [0.3, 0.4) is 0 Å². The molecule has 3 amide bonds. The Balaban J connectivity index is 1.28. The van der Waals surface area contributed by atoms with Crippen molar-refractivity contribution >= 4 is 23.8 Å². The lowest BCUT2D eigenvalue weighted by Gasteiger charge is -2.36. The summed E-state index contributed by atoms with van der Waals surface area (Å²) in [6.45, 7) is 12.1. The molecular weight excluding hydrogens is 729 g/mol. The van der Waals surface area contributed by atoms with Crippen LogP contribution in [0.1, 0.15) is 64.7 Å². The fraction of sp³-hybridized carbons (Fsp3) is 0.381. The summed E-state index contributed by atoms with van der Waals surface area (Å²) >= 11 is 0. The Morgan fingerprint density at radius 2 is 1.54 bits per heavy atom. The highest BCUT2D eigenvalue weighted by Gasteiger charge is 2.46. The number of aromatic nitrogens is 1. The molecule has 0 aliphatic carbocycles. The minimum Gasteiger partial charge on any atom is -0.488 e. The van der Waals surface area contributed by atoms with Crippen molar-refractivity contribution < 1.29 is 46.9 Å². The predicted octanol–water partition coefficient (Wildman–Crippen LogP) is 9.02. The van der Waals surface area contributed by atoms with Crippen LogP contribution in [-0.2, 0) is 4.74 Å². The normalized spacial score (nSPS) is 18.5. The summed E-state index contributed by atoms with van der Waals surface area (Å²) in [6, 6.07) is 15.0. The summed E-state index contributed by atoms with van der Waals surface area (Å²) in [5.74, 6) is -2.70. The summed E-state index contributed by atoms with van der Waals surface area (Å²) in [5.41, 5.74) is 0.853. The molecule has 2 aliphatic rings. The third-order valence-electron chi connectivity index (χ3n) is 9.57. The number of ether oxygens (including phenoxy) is 3. The van der Waals surface area contributed by atoms with Crippen LogP contribution < -0.4 is 14.8 Å². The Morgan fingerprint density at radius 1 is 0.821 bits per heavy atom. The summed E-state index contributed by atoms with van der Waals surface area (Å²) in [6.07, 6.45) is -0.255. The first kappa shape index (κ1) is 39.9. The molecular formula is C42H45F3N4O7. The van der Waals surface area contributed by atoms with E-state index in [1.54, 1.807) is 56.0 Å². The van der Waals surface area contributed by atoms with Gasteiger partial charge < -0.3 is 34.4 Å². The molecule has 1 aromatic heterocycles. The Bertz CT molecular complexity index is 2120. The Morgan fingerprint density at radius 3 is 2.20 bits per heavy atom. The molecule has 11 nitrogen and oxygen atoms in total. The van der Waals surface area contributed by atoms with Crippen molar-refractivity contribution in [2.75, 3.05) is 25.0 Å². The largest absolute Gasteiger partial charge is 0.488 e. The molecule has 3 heterocycles. The average molecular weight is 775 g/mol. The van der Waals surface area contributed by atoms with E-state index in [0.717, 1.165) is 12.1 Å². The van der Waals surface area contributed by atoms with Crippen LogP contribution in [0.25, 0.3) is 22.3 Å². The number of pyridine rings is 1. The molecule has 0 radical (unpaired) electrons. The molecule has 14 heteroatoms. The summed E-state index contributed by atoms with van der Waals surface area (Å²) in [5, 5.41) is 12.7. The van der Waals surface area contributed by atoms with Crippen LogP contribution in [0.4, 0.5) is 28.4 Å². The van der Waals surface area contributed by atoms with Crippen LogP contribution in [0.5, 0.6) is 11.6 Å². The maximum atomic E-state index is 14.5. The number of carbonyl (C=O) groups is 3. The third kappa shape index (κ3) is 9.18. The van der Waals surface area contributed by atoms with Gasteiger partial charge in [-0.1, -0.05) is 39.0 Å². The van der Waals surface area contributed by atoms with Gasteiger partial charge in [0.1, 0.15) is 29.4 Å². The van der Waals surface area contributed by atoms with E-state index in [4.69, 9.17) is 14.2 Å². The van der Waals surface area contributed by atoms with E-state index in [9.17, 15) is 32.7 Å². The van der Waals surface area contributed by atoms with Crippen LogP contribution >= 0.6 is 0 Å². The molecule has 2 aliphatic heterocycles. The Hall–Kier alpha value is -5.79. The number of halogens is 3. The van der Waals surface area contributed by atoms with Gasteiger partial charge in [-0.3, -0.25) is 4.79 Å². The lowest BCUT2D eigenvalue weighted by Crippen LogP contribution is -2.48. The van der Waals surface area contributed by atoms with Gasteiger partial charge in [-0.15, -0.1) is 0 Å². The molecule has 2 N–H and O–H groups in total. The second kappa shape index (κ2) is 15.8. The molecule has 296 valence electrons. The van der Waals surface area contributed by atoms with Gasteiger partial charge in [0, 0.05) is 48.9 Å². The van der Waals surface area contributed by atoms with Gasteiger partial charge in [0.2, 0.25) is 5.88 Å². The number of nitrogens with zero attached hydrogens (tertiary/aromatic N) is 3. The number of benzene rings is 3. The highest BCUT2D eigenvalue weighted by Crippen LogP contribution is 2.39. The average Bonchev–Trinajstić information content (AvgIpc) is 3.78. The van der Waals surface area contributed by atoms with E-state index < -0.39 is 58.7 Å². The van der Waals surface area contributed by atoms with Gasteiger partial charge in [-0.05, 0) is 85.8 Å². The lowest BCUT2D eigenvalue weighted by molar-refractivity contribution is 0.0275. The zero-order valence-electron chi connectivity index (χ0n) is 32.1. The van der Waals surface area contributed by atoms with Crippen LogP contribution in [0.15, 0.2) is 72.9 Å². The fourth-order valence-corrected chi connectivity index (χ4v) is 7.08. The molecule has 0 bridgehead atoms. The van der Waals surface area contributed by atoms with Crippen molar-refractivity contribution in [3.63, 3.8) is 0 Å². The number of amides is 3. The van der Waals surface area contributed by atoms with Crippen molar-refractivity contribution in [1.29, 1.82) is 0 Å². The van der Waals surface area contributed by atoms with E-state index in [1.165, 1.54) is 35.4 Å². The molecule has 2 fully saturated rings. The number of hydrogen-bond donors (Lipinski definition) is 2. The number of carbonyl (C=O) groups excluding carboxylic acids is 2. The maximum absolute atomic E-state index is 14.5. The zero-order valence-corrected chi connectivity index (χ0v) is 32.1. The Kier molecular flexibility index (Phi) is 11.2. The highest BCUT2D eigenvalue weighted by molar-refractivity contribution is 6.05. The quantitative estimate of drug-likeness (QED) is 0.182. The highest BCUT2D eigenvalue weighted by atomic mass is 19.2. The Labute approximate surface area is 323 Å². The molecule has 3 aromatic carbocycles. The minimum absolute atomic E-state index is 0.0243. The standard InChI is InChI=1S/C42H45F3N4O7/c1-41(2,3)36-35(16-18-49(36)39(51)52)55-38-31(25-9-13-32(44)33(45)20-25)19-26(22-46-38)37(50)47-28-12-14-34(30(21-28)24-7-10-27(43)11-8-24)54-29-15-17-48(23-29)40(53)56-42(4,5)6/h7-14,19-22,29,35-36H,15-18,23H2,1-6H3,(H,47,50)(H,51,52)/t29-,35?,36+/m0/s1. The summed E-state index contributed by atoms with van der Waals surface area (Å²) in [7, 11) is 0. The number of anilines is 1. The first-order valence-electron chi connectivity index (χ1n) is 18.3. The lowest BCUT2D eigenvalue weighted by atomic mass is 9.84. The van der Waals surface area contributed by atoms with Crippen LogP contribution in [0.2, 0.25) is 0 Å². The molecule has 2 saturated heterocycles. The fourth-order valence-electron chi connectivity index (χ4n) is 7.08. The van der Waals surface area contributed by atoms with Crippen molar-refractivity contribution in [3.05, 3.63) is 95.9 Å². The molecule has 3 atom stereocenters. The predicted molar refractivity (Wildman–Crippen MR) is 203 cm³/mol. The van der Waals surface area contributed by atoms with Crippen molar-refractivity contribution in [1.82, 2.24) is 14.8 Å². The van der Waals surface area contributed by atoms with E-state index in [2.05, 4.69) is 10.3 Å². The second-order valence-electron chi connectivity index (χ2n) is 16.1. The van der Waals surface area contributed by atoms with Crippen molar-refractivity contribution in [3.8, 4) is 33.9 Å². The number of hydrogen-bond acceptors (Lipinski definition) is 7. The van der Waals surface area contributed by atoms with Crippen LogP contribution in [-0.4, -0.2) is 81.5 Å². The maximum Gasteiger partial charge on any atom is 0.410 e. The van der Waals surface area contributed by atoms with Gasteiger partial charge in [0.15, 0.2) is 11.6 Å². The van der Waals surface area contributed by atoms with E-state index in [0.29, 0.717) is 48.5 Å². The smallest absolute Gasteiger partial charge is 0.410 e. The van der Waals surface area contributed by atoms with Crippen molar-refractivity contribution in [2.24, 2.45) is 5.41 Å². The van der Waals surface area contributed by atoms with Gasteiger partial charge in [-0.2, -0.15) is 0 Å². The third-order valence-corrected chi connectivity index (χ3v) is 9.57. The van der Waals surface area contributed by atoms with Gasteiger partial charge in [0.25, 0.3) is 5.91 Å². The second-order valence-corrected chi connectivity index (χ2v) is 16.1. The van der Waals surface area contributed by atoms with E-state index in [1.807, 2.05) is 20.8 Å². The summed E-state index contributed by atoms with van der Waals surface area (Å²) in [4.78, 5) is 45.9. The monoisotopic (exact) mass is 774 g/mol. The van der Waals surface area contributed by atoms with E-state index in [-0.39, 0.29) is 35.2 Å². The zero-order chi connectivity index (χ0) is 40.5. The first-order valence-corrected chi connectivity index (χ1v) is 18.3. The van der Waals surface area contributed by atoms with Gasteiger partial charge >= 0.3 is 12.2 Å². The van der Waals surface area contributed by atoms with Gasteiger partial charge in [0.05, 0.1) is 18.2 Å². The topological polar surface area (TPSA) is 131 Å². The molecule has 1 unspecified atom stereocenters. The number of carboxylic acid groups (broad SMARTS) is 1. The number of likely N-dealkylation sites (tertiary alicyclic amines) is 2. The molecule has 0 spiro atoms. The first-order chi connectivity index (χ1) is 26.4. The van der Waals surface area contributed by atoms with Gasteiger partial charge in [-0.25, -0.2) is 27.7 Å². The molecule has 4 aromatic rings. The molecule has 0 saturated carbocycles. The summed E-state index contributed by atoms with van der Waals surface area (Å²) < 4.78 is 60.7. The SMILES string of the molecule is CC(C)(C)OC(=O)N1CC[C@H](Oc2ccc(NC(=O)c3cnc(OC4CCN(C(=O)O)[C@H]4C(C)(C)C)c(-c4ccc(F)c(F)c4)c3)cc2-c2ccc(F)cc2)C1. The van der Waals surface area contributed by atoms with Crippen molar-refractivity contribution in [2.45, 2.75) is 78.2 Å². The van der Waals surface area contributed by atoms with E-state index >= 15 is 0 Å². The molecule has 56 heavy (non-hydrogen) atoms. The number of nitrogens with one attached hydrogen (secondary N) is 1. The number of rotatable bonds is 8.